The molecule has 1 aromatic carbocycles. The first kappa shape index (κ1) is 18.0. The van der Waals surface area contributed by atoms with Crippen molar-refractivity contribution >= 4 is 23.7 Å². The summed E-state index contributed by atoms with van der Waals surface area (Å²) in [4.78, 5) is 12.2. The lowest BCUT2D eigenvalue weighted by Gasteiger charge is -2.05. The van der Waals surface area contributed by atoms with Crippen molar-refractivity contribution in [3.8, 4) is 23.0 Å². The second-order valence-electron chi connectivity index (χ2n) is 5.64. The van der Waals surface area contributed by atoms with E-state index < -0.39 is 0 Å². The van der Waals surface area contributed by atoms with Gasteiger partial charge in [-0.25, -0.2) is 0 Å². The molecule has 0 radical (unpaired) electrons. The van der Waals surface area contributed by atoms with Crippen LogP contribution in [0.1, 0.15) is 6.92 Å². The molecule has 0 bridgehead atoms. The van der Waals surface area contributed by atoms with Crippen molar-refractivity contribution < 1.29 is 13.6 Å². The average Bonchev–Trinajstić information content (AvgIpc) is 3.47. The number of aromatic nitrogens is 5. The van der Waals surface area contributed by atoms with Crippen molar-refractivity contribution in [1.82, 2.24) is 25.0 Å². The number of amides is 1. The van der Waals surface area contributed by atoms with Gasteiger partial charge in [-0.15, -0.1) is 15.3 Å². The standard InChI is InChI=1S/C18H16N6O3S/c1-2-24-15(13-9-6-10-26-13)20-23-18(24)28-11-14(25)19-17-22-21-16(27-17)12-7-4-3-5-8-12/h3-10H,2,11H2,1H3,(H,19,22,25). The highest BCUT2D eigenvalue weighted by molar-refractivity contribution is 7.99. The van der Waals surface area contributed by atoms with Crippen LogP contribution in [0.25, 0.3) is 23.0 Å². The topological polar surface area (TPSA) is 112 Å². The van der Waals surface area contributed by atoms with E-state index in [4.69, 9.17) is 8.83 Å². The Morgan fingerprint density at radius 2 is 1.96 bits per heavy atom. The molecule has 0 spiro atoms. The number of carbonyl (C=O) groups excluding carboxylic acids is 1. The second kappa shape index (κ2) is 8.09. The molecule has 0 unspecified atom stereocenters. The zero-order valence-corrected chi connectivity index (χ0v) is 15.7. The summed E-state index contributed by atoms with van der Waals surface area (Å²) in [6, 6.07) is 13.0. The van der Waals surface area contributed by atoms with Crippen molar-refractivity contribution in [3.05, 3.63) is 48.7 Å². The van der Waals surface area contributed by atoms with Gasteiger partial charge in [0.2, 0.25) is 11.8 Å². The van der Waals surface area contributed by atoms with Gasteiger partial charge in [-0.2, -0.15) is 0 Å². The summed E-state index contributed by atoms with van der Waals surface area (Å²) in [5.41, 5.74) is 0.784. The maximum Gasteiger partial charge on any atom is 0.322 e. The van der Waals surface area contributed by atoms with E-state index >= 15 is 0 Å². The third-order valence-corrected chi connectivity index (χ3v) is 4.77. The van der Waals surface area contributed by atoms with Crippen molar-refractivity contribution in [3.63, 3.8) is 0 Å². The van der Waals surface area contributed by atoms with Gasteiger partial charge in [-0.3, -0.25) is 14.7 Å². The number of carbonyl (C=O) groups is 1. The van der Waals surface area contributed by atoms with Crippen LogP contribution in [0.2, 0.25) is 0 Å². The summed E-state index contributed by atoms with van der Waals surface area (Å²) in [6.45, 7) is 2.63. The average molecular weight is 396 g/mol. The molecule has 9 nitrogen and oxygen atoms in total. The lowest BCUT2D eigenvalue weighted by atomic mass is 10.2. The van der Waals surface area contributed by atoms with E-state index in [0.29, 0.717) is 29.2 Å². The molecule has 3 heterocycles. The first-order valence-corrected chi connectivity index (χ1v) is 9.52. The maximum absolute atomic E-state index is 12.2. The van der Waals surface area contributed by atoms with E-state index in [-0.39, 0.29) is 17.7 Å². The summed E-state index contributed by atoms with van der Waals surface area (Å²) < 4.78 is 12.7. The highest BCUT2D eigenvalue weighted by Gasteiger charge is 2.17. The summed E-state index contributed by atoms with van der Waals surface area (Å²) in [5.74, 6) is 1.44. The lowest BCUT2D eigenvalue weighted by Crippen LogP contribution is -2.15. The first-order valence-electron chi connectivity index (χ1n) is 8.53. The second-order valence-corrected chi connectivity index (χ2v) is 6.59. The first-order chi connectivity index (χ1) is 13.7. The van der Waals surface area contributed by atoms with Crippen LogP contribution in [0.3, 0.4) is 0 Å². The van der Waals surface area contributed by atoms with Gasteiger partial charge in [0.05, 0.1) is 12.0 Å². The summed E-state index contributed by atoms with van der Waals surface area (Å²) in [5, 5.41) is 19.3. The molecule has 0 aliphatic heterocycles. The molecule has 0 fully saturated rings. The van der Waals surface area contributed by atoms with Gasteiger partial charge < -0.3 is 8.83 Å². The smallest absolute Gasteiger partial charge is 0.322 e. The Labute approximate surface area is 164 Å². The van der Waals surface area contributed by atoms with Crippen molar-refractivity contribution in [2.75, 3.05) is 11.1 Å². The summed E-state index contributed by atoms with van der Waals surface area (Å²) >= 11 is 1.27. The quantitative estimate of drug-likeness (QED) is 0.473. The Kier molecular flexibility index (Phi) is 5.20. The molecule has 10 heteroatoms. The molecule has 3 aromatic heterocycles. The molecular formula is C18H16N6O3S. The number of hydrogen-bond acceptors (Lipinski definition) is 8. The third kappa shape index (κ3) is 3.81. The van der Waals surface area contributed by atoms with E-state index in [9.17, 15) is 4.79 Å². The van der Waals surface area contributed by atoms with Gasteiger partial charge in [0, 0.05) is 12.1 Å². The molecule has 28 heavy (non-hydrogen) atoms. The van der Waals surface area contributed by atoms with Gasteiger partial charge in [0.25, 0.3) is 0 Å². The van der Waals surface area contributed by atoms with Gasteiger partial charge in [-0.1, -0.05) is 35.1 Å². The third-order valence-electron chi connectivity index (χ3n) is 3.80. The molecule has 0 aliphatic rings. The summed E-state index contributed by atoms with van der Waals surface area (Å²) in [6.07, 6.45) is 1.58. The van der Waals surface area contributed by atoms with Gasteiger partial charge >= 0.3 is 6.01 Å². The van der Waals surface area contributed by atoms with Gasteiger partial charge in [0.15, 0.2) is 16.7 Å². The number of thioether (sulfide) groups is 1. The molecular weight excluding hydrogens is 380 g/mol. The molecule has 4 aromatic rings. The number of furan rings is 1. The highest BCUT2D eigenvalue weighted by Crippen LogP contribution is 2.24. The van der Waals surface area contributed by atoms with Crippen LogP contribution >= 0.6 is 11.8 Å². The SMILES string of the molecule is CCn1c(SCC(=O)Nc2nnc(-c3ccccc3)o2)nnc1-c1ccco1. The van der Waals surface area contributed by atoms with E-state index in [1.807, 2.05) is 47.9 Å². The minimum Gasteiger partial charge on any atom is -0.461 e. The molecule has 142 valence electrons. The fourth-order valence-electron chi connectivity index (χ4n) is 2.53. The van der Waals surface area contributed by atoms with Crippen molar-refractivity contribution in [1.29, 1.82) is 0 Å². The number of hydrogen-bond donors (Lipinski definition) is 1. The number of nitrogens with zero attached hydrogens (tertiary/aromatic N) is 5. The monoisotopic (exact) mass is 396 g/mol. The van der Waals surface area contributed by atoms with Crippen LogP contribution in [-0.2, 0) is 11.3 Å². The van der Waals surface area contributed by atoms with E-state index in [1.165, 1.54) is 11.8 Å². The molecule has 4 rings (SSSR count). The van der Waals surface area contributed by atoms with E-state index in [0.717, 1.165) is 5.56 Å². The predicted molar refractivity (Wildman–Crippen MR) is 102 cm³/mol. The number of nitrogens with one attached hydrogen (secondary N) is 1. The summed E-state index contributed by atoms with van der Waals surface area (Å²) in [7, 11) is 0. The molecule has 0 saturated carbocycles. The number of benzene rings is 1. The number of anilines is 1. The largest absolute Gasteiger partial charge is 0.461 e. The van der Waals surface area contributed by atoms with Crippen LogP contribution in [0.5, 0.6) is 0 Å². The Hall–Kier alpha value is -3.40. The highest BCUT2D eigenvalue weighted by atomic mass is 32.2. The van der Waals surface area contributed by atoms with Gasteiger partial charge in [0.1, 0.15) is 0 Å². The Morgan fingerprint density at radius 1 is 1.11 bits per heavy atom. The van der Waals surface area contributed by atoms with Crippen LogP contribution in [0.4, 0.5) is 6.01 Å². The number of rotatable bonds is 7. The zero-order valence-electron chi connectivity index (χ0n) is 14.9. The Balaban J connectivity index is 1.38. The van der Waals surface area contributed by atoms with E-state index in [1.54, 1.807) is 12.3 Å². The molecule has 1 N–H and O–H groups in total. The van der Waals surface area contributed by atoms with Crippen molar-refractivity contribution in [2.24, 2.45) is 0 Å². The Bertz CT molecular complexity index is 1060. The maximum atomic E-state index is 12.2. The zero-order chi connectivity index (χ0) is 19.3. The van der Waals surface area contributed by atoms with Crippen LogP contribution in [0, 0.1) is 0 Å². The lowest BCUT2D eigenvalue weighted by molar-refractivity contribution is -0.113. The minimum atomic E-state index is -0.279. The minimum absolute atomic E-state index is 0.0534. The van der Waals surface area contributed by atoms with Crippen LogP contribution in [0.15, 0.2) is 62.7 Å². The van der Waals surface area contributed by atoms with Crippen molar-refractivity contribution in [2.45, 2.75) is 18.6 Å². The Morgan fingerprint density at radius 3 is 2.71 bits per heavy atom. The molecule has 1 amide bonds. The molecule has 0 saturated heterocycles. The fourth-order valence-corrected chi connectivity index (χ4v) is 3.33. The van der Waals surface area contributed by atoms with Gasteiger partial charge in [-0.05, 0) is 31.2 Å². The fraction of sp³-hybridized carbons (Fsp3) is 0.167. The predicted octanol–water partition coefficient (Wildman–Crippen LogP) is 3.34. The van der Waals surface area contributed by atoms with Crippen LogP contribution < -0.4 is 5.32 Å². The van der Waals surface area contributed by atoms with Crippen LogP contribution in [-0.4, -0.2) is 36.6 Å². The normalized spacial score (nSPS) is 10.9. The van der Waals surface area contributed by atoms with E-state index in [2.05, 4.69) is 25.7 Å². The molecule has 0 atom stereocenters. The molecule has 0 aliphatic carbocycles.